The molecular weight excluding hydrogens is 223 g/mol. The molecule has 1 fully saturated rings. The molecule has 0 heterocycles. The molecule has 4 heteroatoms. The third-order valence-electron chi connectivity index (χ3n) is 3.76. The zero-order valence-corrected chi connectivity index (χ0v) is 11.4. The molecule has 2 unspecified atom stereocenters. The van der Waals surface area contributed by atoms with Gasteiger partial charge in [-0.05, 0) is 26.2 Å². The number of unbranched alkanes of at least 4 members (excludes halogenated alkanes) is 1. The Morgan fingerprint density at radius 1 is 1.31 bits per heavy atom. The maximum absolute atomic E-state index is 12.4. The highest BCUT2D eigenvalue weighted by Gasteiger charge is 2.46. The summed E-state index contributed by atoms with van der Waals surface area (Å²) in [6.45, 7) is 3.57. The van der Waals surface area contributed by atoms with Gasteiger partial charge in [0, 0.05) is 5.66 Å². The molecule has 1 saturated carbocycles. The van der Waals surface area contributed by atoms with Crippen LogP contribution < -0.4 is 0 Å². The van der Waals surface area contributed by atoms with E-state index in [0.29, 0.717) is 6.42 Å². The second-order valence-electron chi connectivity index (χ2n) is 5.24. The van der Waals surface area contributed by atoms with Crippen LogP contribution in [0.2, 0.25) is 0 Å². The zero-order valence-electron chi connectivity index (χ0n) is 10.5. The van der Waals surface area contributed by atoms with Crippen molar-refractivity contribution in [3.05, 3.63) is 0 Å². The molecule has 0 aromatic carbocycles. The van der Waals surface area contributed by atoms with Crippen molar-refractivity contribution in [1.29, 1.82) is 0 Å². The first-order valence-electron chi connectivity index (χ1n) is 6.47. The zero-order chi connectivity index (χ0) is 12.2. The highest BCUT2D eigenvalue weighted by atomic mass is 31.2. The second kappa shape index (κ2) is 5.66. The summed E-state index contributed by atoms with van der Waals surface area (Å²) in [5.74, 6) is 0. The Bertz CT molecular complexity index is 257. The van der Waals surface area contributed by atoms with Crippen molar-refractivity contribution >= 4 is 7.37 Å². The molecule has 0 radical (unpaired) electrons. The number of hydrogen-bond donors (Lipinski definition) is 2. The van der Waals surface area contributed by atoms with E-state index >= 15 is 0 Å². The molecule has 96 valence electrons. The molecule has 0 saturated heterocycles. The van der Waals surface area contributed by atoms with Crippen LogP contribution >= 0.6 is 7.37 Å². The Morgan fingerprint density at radius 2 is 1.88 bits per heavy atom. The van der Waals surface area contributed by atoms with E-state index < -0.39 is 12.7 Å². The Labute approximate surface area is 98.7 Å². The van der Waals surface area contributed by atoms with Gasteiger partial charge in [-0.15, -0.1) is 0 Å². The summed E-state index contributed by atoms with van der Waals surface area (Å²) in [5.41, 5.74) is -0.173. The van der Waals surface area contributed by atoms with Gasteiger partial charge in [-0.1, -0.05) is 39.0 Å². The number of aliphatic hydroxyl groups is 1. The standard InChI is InChI=1S/C12H25O3P/c1-3-4-10-12(2,13)16(14,15)11-8-6-5-7-9-11/h11,13H,3-10H2,1-2H3,(H,14,15). The van der Waals surface area contributed by atoms with Gasteiger partial charge >= 0.3 is 0 Å². The Balaban J connectivity index is 2.69. The minimum atomic E-state index is -3.45. The van der Waals surface area contributed by atoms with E-state index in [9.17, 15) is 14.6 Å². The van der Waals surface area contributed by atoms with E-state index in [1.54, 1.807) is 0 Å². The Kier molecular flexibility index (Phi) is 5.03. The van der Waals surface area contributed by atoms with Crippen molar-refractivity contribution in [2.45, 2.75) is 76.2 Å². The van der Waals surface area contributed by atoms with E-state index in [1.165, 1.54) is 6.92 Å². The van der Waals surface area contributed by atoms with Crippen LogP contribution in [0.15, 0.2) is 0 Å². The van der Waals surface area contributed by atoms with Crippen LogP contribution in [0.1, 0.15) is 65.2 Å². The van der Waals surface area contributed by atoms with Crippen LogP contribution in [0.5, 0.6) is 0 Å². The summed E-state index contributed by atoms with van der Waals surface area (Å²) >= 11 is 0. The highest BCUT2D eigenvalue weighted by Crippen LogP contribution is 2.62. The molecule has 16 heavy (non-hydrogen) atoms. The van der Waals surface area contributed by atoms with Crippen LogP contribution in [0.25, 0.3) is 0 Å². The third-order valence-corrected chi connectivity index (χ3v) is 6.87. The van der Waals surface area contributed by atoms with E-state index in [-0.39, 0.29) is 5.66 Å². The predicted octanol–water partition coefficient (Wildman–Crippen LogP) is 3.49. The quantitative estimate of drug-likeness (QED) is 0.732. The molecule has 1 aliphatic carbocycles. The van der Waals surface area contributed by atoms with Gasteiger partial charge in [0.1, 0.15) is 5.34 Å². The van der Waals surface area contributed by atoms with Crippen LogP contribution in [0.4, 0.5) is 0 Å². The van der Waals surface area contributed by atoms with E-state index in [0.717, 1.165) is 44.9 Å². The van der Waals surface area contributed by atoms with Crippen molar-refractivity contribution in [3.63, 3.8) is 0 Å². The van der Waals surface area contributed by atoms with Gasteiger partial charge in [-0.3, -0.25) is 4.57 Å². The molecule has 0 amide bonds. The van der Waals surface area contributed by atoms with Gasteiger partial charge in [0.05, 0.1) is 0 Å². The lowest BCUT2D eigenvalue weighted by molar-refractivity contribution is 0.112. The molecule has 1 aliphatic rings. The van der Waals surface area contributed by atoms with Crippen LogP contribution in [0, 0.1) is 0 Å². The fourth-order valence-electron chi connectivity index (χ4n) is 2.50. The first kappa shape index (κ1) is 14.2. The molecule has 2 N–H and O–H groups in total. The summed E-state index contributed by atoms with van der Waals surface area (Å²) in [5, 5.41) is 8.83. The number of rotatable bonds is 5. The Hall–Kier alpha value is 0.150. The van der Waals surface area contributed by atoms with Crippen molar-refractivity contribution in [2.24, 2.45) is 0 Å². The summed E-state index contributed by atoms with van der Waals surface area (Å²) < 4.78 is 12.4. The van der Waals surface area contributed by atoms with Crippen molar-refractivity contribution in [1.82, 2.24) is 0 Å². The second-order valence-corrected chi connectivity index (χ2v) is 8.17. The summed E-state index contributed by atoms with van der Waals surface area (Å²) in [6.07, 6.45) is 7.01. The molecular formula is C12H25O3P. The summed E-state index contributed by atoms with van der Waals surface area (Å²) in [6, 6.07) is 0. The molecule has 0 aliphatic heterocycles. The topological polar surface area (TPSA) is 57.5 Å². The lowest BCUT2D eigenvalue weighted by Gasteiger charge is -2.36. The third kappa shape index (κ3) is 3.09. The van der Waals surface area contributed by atoms with Crippen LogP contribution in [-0.4, -0.2) is 21.0 Å². The smallest absolute Gasteiger partial charge is 0.233 e. The largest absolute Gasteiger partial charge is 0.380 e. The van der Waals surface area contributed by atoms with Gasteiger partial charge in [0.25, 0.3) is 0 Å². The van der Waals surface area contributed by atoms with E-state index in [4.69, 9.17) is 0 Å². The van der Waals surface area contributed by atoms with Crippen molar-refractivity contribution in [3.8, 4) is 0 Å². The highest BCUT2D eigenvalue weighted by molar-refractivity contribution is 7.60. The SMILES string of the molecule is CCCCC(C)(O)P(=O)(O)C1CCCCC1. The van der Waals surface area contributed by atoms with E-state index in [1.807, 2.05) is 6.92 Å². The molecule has 0 aromatic heterocycles. The van der Waals surface area contributed by atoms with Crippen molar-refractivity contribution < 1.29 is 14.6 Å². The van der Waals surface area contributed by atoms with Gasteiger partial charge in [-0.25, -0.2) is 0 Å². The molecule has 3 nitrogen and oxygen atoms in total. The fourth-order valence-corrected chi connectivity index (χ4v) is 4.83. The first-order chi connectivity index (χ1) is 7.42. The van der Waals surface area contributed by atoms with Gasteiger partial charge in [0.15, 0.2) is 0 Å². The average molecular weight is 248 g/mol. The normalized spacial score (nSPS) is 26.0. The minimum absolute atomic E-state index is 0.173. The van der Waals surface area contributed by atoms with E-state index in [2.05, 4.69) is 0 Å². The Morgan fingerprint density at radius 3 is 2.38 bits per heavy atom. The predicted molar refractivity (Wildman–Crippen MR) is 66.8 cm³/mol. The first-order valence-corrected chi connectivity index (χ1v) is 8.19. The summed E-state index contributed by atoms with van der Waals surface area (Å²) in [7, 11) is -3.45. The minimum Gasteiger partial charge on any atom is -0.380 e. The lowest BCUT2D eigenvalue weighted by Crippen LogP contribution is -2.31. The fraction of sp³-hybridized carbons (Fsp3) is 1.00. The van der Waals surface area contributed by atoms with Crippen LogP contribution in [-0.2, 0) is 4.57 Å². The molecule has 2 atom stereocenters. The maximum atomic E-state index is 12.4. The molecule has 1 rings (SSSR count). The number of hydrogen-bond acceptors (Lipinski definition) is 2. The van der Waals surface area contributed by atoms with Crippen molar-refractivity contribution in [2.75, 3.05) is 0 Å². The summed E-state index contributed by atoms with van der Waals surface area (Å²) in [4.78, 5) is 10.2. The monoisotopic (exact) mass is 248 g/mol. The van der Waals surface area contributed by atoms with Gasteiger partial charge < -0.3 is 10.00 Å². The lowest BCUT2D eigenvalue weighted by atomic mass is 10.0. The van der Waals surface area contributed by atoms with Gasteiger partial charge in [-0.2, -0.15) is 0 Å². The van der Waals surface area contributed by atoms with Gasteiger partial charge in [0.2, 0.25) is 7.37 Å². The maximum Gasteiger partial charge on any atom is 0.233 e. The molecule has 0 spiro atoms. The van der Waals surface area contributed by atoms with Crippen LogP contribution in [0.3, 0.4) is 0 Å². The molecule has 0 aromatic rings. The molecule has 0 bridgehead atoms. The average Bonchev–Trinajstić information content (AvgIpc) is 2.27.